The number of rotatable bonds is 6. The second-order valence-corrected chi connectivity index (χ2v) is 5.36. The van der Waals surface area contributed by atoms with Crippen molar-refractivity contribution in [2.45, 2.75) is 38.9 Å². The van der Waals surface area contributed by atoms with Gasteiger partial charge in [-0.2, -0.15) is 0 Å². The Balaban J connectivity index is 2.67. The van der Waals surface area contributed by atoms with Crippen LogP contribution in [0.2, 0.25) is 5.02 Å². The van der Waals surface area contributed by atoms with Crippen molar-refractivity contribution < 1.29 is 14.6 Å². The summed E-state index contributed by atoms with van der Waals surface area (Å²) in [7, 11) is 1.68. The van der Waals surface area contributed by atoms with Crippen LogP contribution in [0.4, 0.5) is 0 Å². The first-order valence-electron chi connectivity index (χ1n) is 6.01. The molecule has 1 aromatic carbocycles. The smallest absolute Gasteiger partial charge is 0.125 e. The number of aliphatic hydroxyl groups is 1. The van der Waals surface area contributed by atoms with E-state index in [-0.39, 0.29) is 5.60 Å². The summed E-state index contributed by atoms with van der Waals surface area (Å²) in [5.74, 6) is 0.668. The summed E-state index contributed by atoms with van der Waals surface area (Å²) in [4.78, 5) is 0. The van der Waals surface area contributed by atoms with Crippen molar-refractivity contribution in [2.24, 2.45) is 0 Å². The minimum Gasteiger partial charge on any atom is -0.493 e. The molecular formula is C14H21ClO3. The van der Waals surface area contributed by atoms with Crippen LogP contribution in [0, 0.1) is 0 Å². The highest BCUT2D eigenvalue weighted by atomic mass is 35.5. The molecule has 0 spiro atoms. The molecule has 0 aliphatic carbocycles. The number of benzene rings is 1. The molecule has 1 atom stereocenters. The zero-order chi connectivity index (χ0) is 13.8. The van der Waals surface area contributed by atoms with E-state index in [4.69, 9.17) is 21.1 Å². The van der Waals surface area contributed by atoms with Crippen molar-refractivity contribution in [3.05, 3.63) is 28.8 Å². The van der Waals surface area contributed by atoms with Crippen molar-refractivity contribution in [3.63, 3.8) is 0 Å². The standard InChI is InChI=1S/C14H21ClO3/c1-10(16)12-9-11(15)5-6-13(12)18-8-7-14(2,3)17-4/h5-6,9-10,16H,7-8H2,1-4H3/t10-/m1/s1. The van der Waals surface area contributed by atoms with Crippen LogP contribution in [-0.4, -0.2) is 24.4 Å². The van der Waals surface area contributed by atoms with Gasteiger partial charge in [-0.25, -0.2) is 0 Å². The number of hydrogen-bond acceptors (Lipinski definition) is 3. The van der Waals surface area contributed by atoms with Crippen molar-refractivity contribution in [3.8, 4) is 5.75 Å². The molecule has 0 saturated heterocycles. The Labute approximate surface area is 114 Å². The van der Waals surface area contributed by atoms with Crippen molar-refractivity contribution >= 4 is 11.6 Å². The molecular weight excluding hydrogens is 252 g/mol. The van der Waals surface area contributed by atoms with E-state index in [1.807, 2.05) is 13.8 Å². The Bertz CT molecular complexity index is 389. The molecule has 0 aromatic heterocycles. The molecule has 102 valence electrons. The maximum atomic E-state index is 9.67. The van der Waals surface area contributed by atoms with Gasteiger partial charge in [0.25, 0.3) is 0 Å². The van der Waals surface area contributed by atoms with E-state index in [1.165, 1.54) is 0 Å². The van der Waals surface area contributed by atoms with Gasteiger partial charge in [-0.3, -0.25) is 0 Å². The van der Waals surface area contributed by atoms with Crippen LogP contribution in [0.1, 0.15) is 38.9 Å². The third kappa shape index (κ3) is 4.48. The minimum atomic E-state index is -0.603. The lowest BCUT2D eigenvalue weighted by Crippen LogP contribution is -2.25. The molecule has 18 heavy (non-hydrogen) atoms. The summed E-state index contributed by atoms with van der Waals surface area (Å²) >= 11 is 5.90. The number of hydrogen-bond donors (Lipinski definition) is 1. The molecule has 0 amide bonds. The Morgan fingerprint density at radius 1 is 1.39 bits per heavy atom. The quantitative estimate of drug-likeness (QED) is 0.860. The first-order chi connectivity index (χ1) is 8.35. The number of ether oxygens (including phenoxy) is 2. The van der Waals surface area contributed by atoms with E-state index >= 15 is 0 Å². The van der Waals surface area contributed by atoms with Gasteiger partial charge in [0, 0.05) is 24.1 Å². The highest BCUT2D eigenvalue weighted by Gasteiger charge is 2.17. The van der Waals surface area contributed by atoms with E-state index in [1.54, 1.807) is 32.2 Å². The van der Waals surface area contributed by atoms with Crippen LogP contribution in [-0.2, 0) is 4.74 Å². The molecule has 1 aromatic rings. The zero-order valence-corrected chi connectivity index (χ0v) is 12.1. The van der Waals surface area contributed by atoms with Gasteiger partial charge in [-0.15, -0.1) is 0 Å². The second kappa shape index (κ2) is 6.41. The lowest BCUT2D eigenvalue weighted by molar-refractivity contribution is 0.00522. The fourth-order valence-corrected chi connectivity index (χ4v) is 1.67. The van der Waals surface area contributed by atoms with Crippen LogP contribution >= 0.6 is 11.6 Å². The van der Waals surface area contributed by atoms with Gasteiger partial charge in [0.1, 0.15) is 5.75 Å². The Kier molecular flexibility index (Phi) is 5.45. The minimum absolute atomic E-state index is 0.211. The van der Waals surface area contributed by atoms with Gasteiger partial charge in [-0.05, 0) is 39.0 Å². The van der Waals surface area contributed by atoms with E-state index in [0.29, 0.717) is 22.9 Å². The Hall–Kier alpha value is -0.770. The summed E-state index contributed by atoms with van der Waals surface area (Å²) in [6.45, 7) is 6.24. The maximum absolute atomic E-state index is 9.67. The first-order valence-corrected chi connectivity index (χ1v) is 6.39. The topological polar surface area (TPSA) is 38.7 Å². The molecule has 0 fully saturated rings. The molecule has 1 rings (SSSR count). The summed E-state index contributed by atoms with van der Waals surface area (Å²) in [6, 6.07) is 5.26. The van der Waals surface area contributed by atoms with Gasteiger partial charge in [0.2, 0.25) is 0 Å². The molecule has 0 aliphatic heterocycles. The maximum Gasteiger partial charge on any atom is 0.125 e. The molecule has 0 heterocycles. The van der Waals surface area contributed by atoms with E-state index in [0.717, 1.165) is 6.42 Å². The molecule has 0 radical (unpaired) electrons. The number of methoxy groups -OCH3 is 1. The molecule has 4 heteroatoms. The van der Waals surface area contributed by atoms with Crippen LogP contribution in [0.15, 0.2) is 18.2 Å². The van der Waals surface area contributed by atoms with Crippen LogP contribution in [0.25, 0.3) is 0 Å². The lowest BCUT2D eigenvalue weighted by atomic mass is 10.1. The zero-order valence-electron chi connectivity index (χ0n) is 11.4. The van der Waals surface area contributed by atoms with Gasteiger partial charge in [0.15, 0.2) is 0 Å². The average Bonchev–Trinajstić information content (AvgIpc) is 2.30. The summed E-state index contributed by atoms with van der Waals surface area (Å²) in [6.07, 6.45) is 0.167. The first kappa shape index (κ1) is 15.3. The van der Waals surface area contributed by atoms with E-state index in [9.17, 15) is 5.11 Å². The number of halogens is 1. The second-order valence-electron chi connectivity index (χ2n) is 4.92. The van der Waals surface area contributed by atoms with Gasteiger partial charge < -0.3 is 14.6 Å². The molecule has 0 unspecified atom stereocenters. The highest BCUT2D eigenvalue weighted by molar-refractivity contribution is 6.30. The predicted molar refractivity (Wildman–Crippen MR) is 73.3 cm³/mol. The summed E-state index contributed by atoms with van der Waals surface area (Å²) < 4.78 is 11.0. The fourth-order valence-electron chi connectivity index (χ4n) is 1.49. The van der Waals surface area contributed by atoms with E-state index < -0.39 is 6.10 Å². The lowest BCUT2D eigenvalue weighted by Gasteiger charge is -2.23. The van der Waals surface area contributed by atoms with Crippen LogP contribution in [0.3, 0.4) is 0 Å². The third-order valence-corrected chi connectivity index (χ3v) is 3.17. The highest BCUT2D eigenvalue weighted by Crippen LogP contribution is 2.28. The van der Waals surface area contributed by atoms with Gasteiger partial charge >= 0.3 is 0 Å². The Morgan fingerprint density at radius 2 is 2.06 bits per heavy atom. The van der Waals surface area contributed by atoms with Gasteiger partial charge in [0.05, 0.1) is 18.3 Å². The SMILES string of the molecule is COC(C)(C)CCOc1ccc(Cl)cc1[C@@H](C)O. The van der Waals surface area contributed by atoms with Crippen molar-refractivity contribution in [1.82, 2.24) is 0 Å². The van der Waals surface area contributed by atoms with Crippen LogP contribution in [0.5, 0.6) is 5.75 Å². The normalized spacial score (nSPS) is 13.4. The fraction of sp³-hybridized carbons (Fsp3) is 0.571. The largest absolute Gasteiger partial charge is 0.493 e. The molecule has 0 aliphatic rings. The summed E-state index contributed by atoms with van der Waals surface area (Å²) in [5, 5.41) is 10.3. The third-order valence-electron chi connectivity index (χ3n) is 2.94. The van der Waals surface area contributed by atoms with Crippen LogP contribution < -0.4 is 4.74 Å². The monoisotopic (exact) mass is 272 g/mol. The van der Waals surface area contributed by atoms with Gasteiger partial charge in [-0.1, -0.05) is 11.6 Å². The molecule has 1 N–H and O–H groups in total. The van der Waals surface area contributed by atoms with Crippen molar-refractivity contribution in [1.29, 1.82) is 0 Å². The number of aliphatic hydroxyl groups excluding tert-OH is 1. The molecule has 0 bridgehead atoms. The van der Waals surface area contributed by atoms with Crippen molar-refractivity contribution in [2.75, 3.05) is 13.7 Å². The molecule has 3 nitrogen and oxygen atoms in total. The predicted octanol–water partition coefficient (Wildman–Crippen LogP) is 3.59. The van der Waals surface area contributed by atoms with E-state index in [2.05, 4.69) is 0 Å². The molecule has 0 saturated carbocycles. The Morgan fingerprint density at radius 3 is 2.61 bits per heavy atom. The average molecular weight is 273 g/mol. The summed E-state index contributed by atoms with van der Waals surface area (Å²) in [5.41, 5.74) is 0.495.